The number of ether oxygens (including phenoxy) is 1. The second-order valence-electron chi connectivity index (χ2n) is 16.4. The lowest BCUT2D eigenvalue weighted by Gasteiger charge is -2.24. The molecular formula is C54H93NO5. The summed E-state index contributed by atoms with van der Waals surface area (Å²) >= 11 is 0. The predicted octanol–water partition coefficient (Wildman–Crippen LogP) is 14.8. The molecule has 0 aliphatic carbocycles. The summed E-state index contributed by atoms with van der Waals surface area (Å²) in [6, 6.07) is -0.725. The largest absolute Gasteiger partial charge is 0.462 e. The van der Waals surface area contributed by atoms with Crippen LogP contribution in [0, 0.1) is 0 Å². The summed E-state index contributed by atoms with van der Waals surface area (Å²) < 4.78 is 5.89. The Hall–Kier alpha value is -2.96. The van der Waals surface area contributed by atoms with E-state index in [9.17, 15) is 19.8 Å². The van der Waals surface area contributed by atoms with E-state index < -0.39 is 18.2 Å². The minimum absolute atomic E-state index is 0.0304. The molecule has 0 radical (unpaired) electrons. The normalized spacial score (nSPS) is 14.0. The zero-order valence-electron chi connectivity index (χ0n) is 39.1. The van der Waals surface area contributed by atoms with Gasteiger partial charge in [-0.15, -0.1) is 0 Å². The Morgan fingerprint density at radius 1 is 0.500 bits per heavy atom. The van der Waals surface area contributed by atoms with Crippen LogP contribution >= 0.6 is 0 Å². The van der Waals surface area contributed by atoms with E-state index in [1.807, 2.05) is 0 Å². The highest BCUT2D eigenvalue weighted by atomic mass is 16.5. The lowest BCUT2D eigenvalue weighted by molar-refractivity contribution is -0.151. The summed E-state index contributed by atoms with van der Waals surface area (Å²) in [6.07, 6.45) is 60.7. The number of rotatable bonds is 43. The molecule has 0 heterocycles. The van der Waals surface area contributed by atoms with Crippen molar-refractivity contribution in [1.29, 1.82) is 0 Å². The predicted molar refractivity (Wildman–Crippen MR) is 259 cm³/mol. The third-order valence-electron chi connectivity index (χ3n) is 10.7. The summed E-state index contributed by atoms with van der Waals surface area (Å²) in [5, 5.41) is 23.7. The number of nitrogens with one attached hydrogen (secondary N) is 1. The SMILES string of the molecule is CC/C=C/C/C=C/C/C=C/C/C=C/CCCC(CC(=O)NC(CO)C(O)CCCCCCCCCCCCC)OC(=O)CCCCCCCC/C=C/C/C=C/C/C=C/CC. The molecule has 0 fully saturated rings. The van der Waals surface area contributed by atoms with Gasteiger partial charge in [-0.25, -0.2) is 0 Å². The summed E-state index contributed by atoms with van der Waals surface area (Å²) in [5.74, 6) is -0.549. The smallest absolute Gasteiger partial charge is 0.306 e. The lowest BCUT2D eigenvalue weighted by atomic mass is 10.0. The first-order valence-electron chi connectivity index (χ1n) is 24.8. The van der Waals surface area contributed by atoms with Crippen molar-refractivity contribution in [2.24, 2.45) is 0 Å². The average Bonchev–Trinajstić information content (AvgIpc) is 3.24. The summed E-state index contributed by atoms with van der Waals surface area (Å²) in [4.78, 5) is 26.1. The number of carbonyl (C=O) groups is 2. The molecule has 0 aliphatic rings. The molecule has 3 unspecified atom stereocenters. The van der Waals surface area contributed by atoms with Crippen LogP contribution in [-0.2, 0) is 14.3 Å². The van der Waals surface area contributed by atoms with Gasteiger partial charge in [-0.3, -0.25) is 9.59 Å². The number of aliphatic hydroxyl groups is 2. The Morgan fingerprint density at radius 3 is 1.40 bits per heavy atom. The molecule has 0 aromatic carbocycles. The van der Waals surface area contributed by atoms with E-state index in [4.69, 9.17) is 4.74 Å². The van der Waals surface area contributed by atoms with E-state index in [1.54, 1.807) is 0 Å². The van der Waals surface area contributed by atoms with Gasteiger partial charge in [0.15, 0.2) is 0 Å². The van der Waals surface area contributed by atoms with Gasteiger partial charge in [0, 0.05) is 6.42 Å². The van der Waals surface area contributed by atoms with Gasteiger partial charge in [0.25, 0.3) is 0 Å². The lowest BCUT2D eigenvalue weighted by Crippen LogP contribution is -2.46. The van der Waals surface area contributed by atoms with Crippen molar-refractivity contribution in [3.63, 3.8) is 0 Å². The first-order chi connectivity index (χ1) is 29.5. The molecule has 0 aromatic rings. The van der Waals surface area contributed by atoms with E-state index in [-0.39, 0.29) is 24.9 Å². The van der Waals surface area contributed by atoms with Crippen LogP contribution in [0.15, 0.2) is 85.1 Å². The monoisotopic (exact) mass is 836 g/mol. The van der Waals surface area contributed by atoms with Crippen LogP contribution in [0.3, 0.4) is 0 Å². The molecule has 3 N–H and O–H groups in total. The molecule has 344 valence electrons. The second kappa shape index (κ2) is 47.1. The van der Waals surface area contributed by atoms with Crippen molar-refractivity contribution in [3.05, 3.63) is 85.1 Å². The van der Waals surface area contributed by atoms with Gasteiger partial charge in [-0.1, -0.05) is 202 Å². The highest BCUT2D eigenvalue weighted by Gasteiger charge is 2.24. The summed E-state index contributed by atoms with van der Waals surface area (Å²) in [5.41, 5.74) is 0. The maximum atomic E-state index is 13.2. The summed E-state index contributed by atoms with van der Waals surface area (Å²) in [7, 11) is 0. The molecule has 0 aromatic heterocycles. The van der Waals surface area contributed by atoms with Crippen molar-refractivity contribution >= 4 is 11.9 Å². The van der Waals surface area contributed by atoms with Crippen LogP contribution < -0.4 is 5.32 Å². The Labute approximate surface area is 370 Å². The molecule has 0 saturated heterocycles. The highest BCUT2D eigenvalue weighted by Crippen LogP contribution is 2.16. The number of esters is 1. The zero-order chi connectivity index (χ0) is 43.8. The van der Waals surface area contributed by atoms with Gasteiger partial charge in [0.05, 0.1) is 25.2 Å². The quantitative estimate of drug-likeness (QED) is 0.0323. The van der Waals surface area contributed by atoms with Crippen LogP contribution in [0.4, 0.5) is 0 Å². The minimum atomic E-state index is -0.807. The topological polar surface area (TPSA) is 95.9 Å². The van der Waals surface area contributed by atoms with Gasteiger partial charge in [-0.05, 0) is 89.9 Å². The third-order valence-corrected chi connectivity index (χ3v) is 10.7. The fourth-order valence-electron chi connectivity index (χ4n) is 7.03. The van der Waals surface area contributed by atoms with Gasteiger partial charge in [0.2, 0.25) is 5.91 Å². The molecule has 0 bridgehead atoms. The number of carbonyl (C=O) groups excluding carboxylic acids is 2. The maximum Gasteiger partial charge on any atom is 0.306 e. The minimum Gasteiger partial charge on any atom is -0.462 e. The number of hydrogen-bond acceptors (Lipinski definition) is 5. The summed E-state index contributed by atoms with van der Waals surface area (Å²) in [6.45, 7) is 6.22. The Bertz CT molecular complexity index is 1160. The highest BCUT2D eigenvalue weighted by molar-refractivity contribution is 5.77. The van der Waals surface area contributed by atoms with Crippen molar-refractivity contribution in [3.8, 4) is 0 Å². The molecule has 6 heteroatoms. The molecule has 60 heavy (non-hydrogen) atoms. The standard InChI is InChI=1S/C54H93NO5/c1-4-7-10-13-16-19-22-24-26-27-29-32-35-38-41-44-47-54(59)60-50(45-42-39-36-33-31-28-25-23-20-17-14-11-8-5-2)48-53(58)55-51(49-56)52(57)46-43-40-37-34-30-21-18-15-12-9-6-3/h7-8,10-11,16-17,19-20,24-26,28,33,36,50-52,56-57H,4-6,9,12-15,18,21-23,27,29-32,34-35,37-49H2,1-3H3,(H,55,58)/b10-7+,11-8+,19-16+,20-17+,26-24+,28-25+,36-33+. The van der Waals surface area contributed by atoms with Crippen LogP contribution in [0.1, 0.15) is 220 Å². The van der Waals surface area contributed by atoms with E-state index in [0.29, 0.717) is 19.3 Å². The van der Waals surface area contributed by atoms with Crippen LogP contribution in [0.5, 0.6) is 0 Å². The van der Waals surface area contributed by atoms with Gasteiger partial charge in [-0.2, -0.15) is 0 Å². The second-order valence-corrected chi connectivity index (χ2v) is 16.4. The molecule has 3 atom stereocenters. The Balaban J connectivity index is 4.71. The zero-order valence-corrected chi connectivity index (χ0v) is 39.1. The van der Waals surface area contributed by atoms with Crippen molar-refractivity contribution in [1.82, 2.24) is 5.32 Å². The molecule has 0 aliphatic heterocycles. The number of amides is 1. The van der Waals surface area contributed by atoms with E-state index in [2.05, 4.69) is 111 Å². The van der Waals surface area contributed by atoms with E-state index >= 15 is 0 Å². The Kier molecular flexibility index (Phi) is 44.8. The fraction of sp³-hybridized carbons (Fsp3) is 0.704. The molecular weight excluding hydrogens is 743 g/mol. The van der Waals surface area contributed by atoms with Crippen LogP contribution in [0.2, 0.25) is 0 Å². The van der Waals surface area contributed by atoms with Gasteiger partial charge < -0.3 is 20.3 Å². The van der Waals surface area contributed by atoms with Gasteiger partial charge >= 0.3 is 5.97 Å². The number of aliphatic hydroxyl groups excluding tert-OH is 2. The fourth-order valence-corrected chi connectivity index (χ4v) is 7.03. The van der Waals surface area contributed by atoms with Crippen molar-refractivity contribution in [2.45, 2.75) is 238 Å². The van der Waals surface area contributed by atoms with Crippen molar-refractivity contribution in [2.75, 3.05) is 6.61 Å². The molecule has 6 nitrogen and oxygen atoms in total. The number of hydrogen-bond donors (Lipinski definition) is 3. The van der Waals surface area contributed by atoms with Crippen LogP contribution in [0.25, 0.3) is 0 Å². The average molecular weight is 836 g/mol. The molecule has 0 spiro atoms. The Morgan fingerprint density at radius 2 is 0.917 bits per heavy atom. The molecule has 0 saturated carbocycles. The maximum absolute atomic E-state index is 13.2. The third kappa shape index (κ3) is 41.8. The number of allylic oxidation sites excluding steroid dienone is 14. The van der Waals surface area contributed by atoms with E-state index in [0.717, 1.165) is 103 Å². The first kappa shape index (κ1) is 57.0. The molecule has 0 rings (SSSR count). The van der Waals surface area contributed by atoms with Crippen molar-refractivity contribution < 1.29 is 24.5 Å². The van der Waals surface area contributed by atoms with E-state index in [1.165, 1.54) is 70.6 Å². The number of unbranched alkanes of at least 4 members (excludes halogenated alkanes) is 17. The van der Waals surface area contributed by atoms with Crippen LogP contribution in [-0.4, -0.2) is 46.9 Å². The molecule has 1 amide bonds. The van der Waals surface area contributed by atoms with Gasteiger partial charge in [0.1, 0.15) is 6.10 Å². The first-order valence-corrected chi connectivity index (χ1v) is 24.8.